The van der Waals surface area contributed by atoms with E-state index in [0.717, 1.165) is 0 Å². The van der Waals surface area contributed by atoms with Crippen LogP contribution < -0.4 is 11.1 Å². The predicted molar refractivity (Wildman–Crippen MR) is 99.9 cm³/mol. The molecule has 0 radical (unpaired) electrons. The molecule has 0 fully saturated rings. The van der Waals surface area contributed by atoms with Gasteiger partial charge in [-0.25, -0.2) is 12.7 Å². The normalized spacial score (nSPS) is 12.8. The third kappa shape index (κ3) is 6.39. The SMILES string of the molecule is CCC(=O)Nc1ccc(S(=O)(=O)N(C)CCC(N)C(C)C)cc1.Cl. The predicted octanol–water partition coefficient (Wildman–Crippen LogP) is 2.45. The molecule has 0 heterocycles. The second-order valence-electron chi connectivity index (χ2n) is 5.95. The van der Waals surface area contributed by atoms with Gasteiger partial charge in [0, 0.05) is 31.7 Å². The van der Waals surface area contributed by atoms with Crippen LogP contribution in [0.2, 0.25) is 0 Å². The summed E-state index contributed by atoms with van der Waals surface area (Å²) in [7, 11) is -2.00. The van der Waals surface area contributed by atoms with E-state index in [9.17, 15) is 13.2 Å². The molecule has 3 N–H and O–H groups in total. The van der Waals surface area contributed by atoms with Crippen LogP contribution in [0.4, 0.5) is 5.69 Å². The van der Waals surface area contributed by atoms with Crippen molar-refractivity contribution in [3.8, 4) is 0 Å². The van der Waals surface area contributed by atoms with Crippen LogP contribution in [0, 0.1) is 5.92 Å². The van der Waals surface area contributed by atoms with Gasteiger partial charge in [-0.2, -0.15) is 0 Å². The van der Waals surface area contributed by atoms with Crippen molar-refractivity contribution in [1.82, 2.24) is 4.31 Å². The minimum atomic E-state index is -3.55. The summed E-state index contributed by atoms with van der Waals surface area (Å²) in [6, 6.07) is 6.15. The molecule has 1 rings (SSSR count). The molecule has 0 spiro atoms. The Bertz CT molecular complexity index is 618. The van der Waals surface area contributed by atoms with E-state index in [1.165, 1.54) is 16.4 Å². The smallest absolute Gasteiger partial charge is 0.242 e. The molecule has 1 unspecified atom stereocenters. The van der Waals surface area contributed by atoms with Crippen LogP contribution in [0.15, 0.2) is 29.2 Å². The van der Waals surface area contributed by atoms with Crippen LogP contribution in [0.5, 0.6) is 0 Å². The van der Waals surface area contributed by atoms with Gasteiger partial charge in [0.15, 0.2) is 0 Å². The number of halogens is 1. The lowest BCUT2D eigenvalue weighted by molar-refractivity contribution is -0.115. The molecule has 1 atom stereocenters. The number of benzene rings is 1. The summed E-state index contributed by atoms with van der Waals surface area (Å²) in [5.41, 5.74) is 6.55. The van der Waals surface area contributed by atoms with Gasteiger partial charge in [-0.3, -0.25) is 4.79 Å². The number of anilines is 1. The Morgan fingerprint density at radius 3 is 2.25 bits per heavy atom. The van der Waals surface area contributed by atoms with Crippen molar-refractivity contribution in [1.29, 1.82) is 0 Å². The molecule has 1 aromatic carbocycles. The largest absolute Gasteiger partial charge is 0.327 e. The highest BCUT2D eigenvalue weighted by molar-refractivity contribution is 7.89. The van der Waals surface area contributed by atoms with Crippen LogP contribution in [-0.2, 0) is 14.8 Å². The molecule has 0 saturated carbocycles. The highest BCUT2D eigenvalue weighted by Crippen LogP contribution is 2.18. The zero-order valence-electron chi connectivity index (χ0n) is 14.7. The minimum absolute atomic E-state index is 0. The molecular formula is C16H28ClN3O3S. The average molecular weight is 378 g/mol. The molecule has 0 aliphatic heterocycles. The van der Waals surface area contributed by atoms with E-state index in [0.29, 0.717) is 31.0 Å². The van der Waals surface area contributed by atoms with Gasteiger partial charge in [-0.05, 0) is 36.6 Å². The summed E-state index contributed by atoms with van der Waals surface area (Å²) in [4.78, 5) is 11.5. The number of hydrogen-bond acceptors (Lipinski definition) is 4. The van der Waals surface area contributed by atoms with Crippen molar-refractivity contribution < 1.29 is 13.2 Å². The van der Waals surface area contributed by atoms with Crippen LogP contribution in [0.3, 0.4) is 0 Å². The molecule has 0 aliphatic rings. The number of sulfonamides is 1. The molecule has 138 valence electrons. The quantitative estimate of drug-likeness (QED) is 0.727. The van der Waals surface area contributed by atoms with Gasteiger partial charge in [0.25, 0.3) is 0 Å². The van der Waals surface area contributed by atoms with E-state index in [4.69, 9.17) is 5.73 Å². The second-order valence-corrected chi connectivity index (χ2v) is 7.99. The van der Waals surface area contributed by atoms with Gasteiger partial charge in [0.05, 0.1) is 4.90 Å². The first-order chi connectivity index (χ1) is 10.7. The van der Waals surface area contributed by atoms with Crippen LogP contribution >= 0.6 is 12.4 Å². The molecule has 8 heteroatoms. The molecule has 0 aliphatic carbocycles. The number of carbonyl (C=O) groups is 1. The van der Waals surface area contributed by atoms with Crippen LogP contribution in [0.25, 0.3) is 0 Å². The lowest BCUT2D eigenvalue weighted by Crippen LogP contribution is -2.34. The Labute approximate surface area is 151 Å². The molecule has 6 nitrogen and oxygen atoms in total. The Morgan fingerprint density at radius 2 is 1.79 bits per heavy atom. The first-order valence-corrected chi connectivity index (χ1v) is 9.24. The summed E-state index contributed by atoms with van der Waals surface area (Å²) in [6.07, 6.45) is 0.983. The number of hydrogen-bond donors (Lipinski definition) is 2. The maximum atomic E-state index is 12.5. The number of nitrogens with two attached hydrogens (primary N) is 1. The van der Waals surface area contributed by atoms with Crippen molar-refractivity contribution in [2.75, 3.05) is 18.9 Å². The van der Waals surface area contributed by atoms with Gasteiger partial charge in [0.1, 0.15) is 0 Å². The van der Waals surface area contributed by atoms with Gasteiger partial charge >= 0.3 is 0 Å². The zero-order chi connectivity index (χ0) is 17.6. The third-order valence-electron chi connectivity index (χ3n) is 3.80. The number of rotatable bonds is 8. The van der Waals surface area contributed by atoms with Crippen LogP contribution in [0.1, 0.15) is 33.6 Å². The standard InChI is InChI=1S/C16H27N3O3S.ClH/c1-5-16(20)18-13-6-8-14(9-7-13)23(21,22)19(4)11-10-15(17)12(2)3;/h6-9,12,15H,5,10-11,17H2,1-4H3,(H,18,20);1H. The Morgan fingerprint density at radius 1 is 1.25 bits per heavy atom. The van der Waals surface area contributed by atoms with Crippen molar-refractivity contribution in [2.45, 2.75) is 44.6 Å². The fourth-order valence-corrected chi connectivity index (χ4v) is 3.11. The van der Waals surface area contributed by atoms with E-state index in [-0.39, 0.29) is 29.3 Å². The number of carbonyl (C=O) groups excluding carboxylic acids is 1. The highest BCUT2D eigenvalue weighted by Gasteiger charge is 2.21. The zero-order valence-corrected chi connectivity index (χ0v) is 16.3. The monoisotopic (exact) mass is 377 g/mol. The molecule has 0 aromatic heterocycles. The lowest BCUT2D eigenvalue weighted by atomic mass is 10.0. The first-order valence-electron chi connectivity index (χ1n) is 7.80. The Hall–Kier alpha value is -1.15. The Kier molecular flexibility index (Phi) is 9.50. The molecule has 24 heavy (non-hydrogen) atoms. The summed E-state index contributed by atoms with van der Waals surface area (Å²) < 4.78 is 26.3. The number of nitrogens with one attached hydrogen (secondary N) is 1. The molecule has 1 amide bonds. The molecule has 1 aromatic rings. The van der Waals surface area contributed by atoms with Crippen LogP contribution in [-0.4, -0.2) is 38.3 Å². The molecule has 0 bridgehead atoms. The van der Waals surface area contributed by atoms with Crippen molar-refractivity contribution >= 4 is 34.0 Å². The summed E-state index contributed by atoms with van der Waals surface area (Å²) in [5.74, 6) is 0.202. The maximum absolute atomic E-state index is 12.5. The van der Waals surface area contributed by atoms with E-state index < -0.39 is 10.0 Å². The summed E-state index contributed by atoms with van der Waals surface area (Å²) >= 11 is 0. The van der Waals surface area contributed by atoms with Crippen molar-refractivity contribution in [3.63, 3.8) is 0 Å². The van der Waals surface area contributed by atoms with Gasteiger partial charge in [-0.15, -0.1) is 12.4 Å². The average Bonchev–Trinajstić information content (AvgIpc) is 2.52. The fraction of sp³-hybridized carbons (Fsp3) is 0.562. The van der Waals surface area contributed by atoms with Gasteiger partial charge in [-0.1, -0.05) is 20.8 Å². The van der Waals surface area contributed by atoms with E-state index >= 15 is 0 Å². The fourth-order valence-electron chi connectivity index (χ4n) is 1.92. The summed E-state index contributed by atoms with van der Waals surface area (Å²) in [5, 5.41) is 2.69. The topological polar surface area (TPSA) is 92.5 Å². The van der Waals surface area contributed by atoms with E-state index in [2.05, 4.69) is 5.32 Å². The lowest BCUT2D eigenvalue weighted by Gasteiger charge is -2.21. The minimum Gasteiger partial charge on any atom is -0.327 e. The maximum Gasteiger partial charge on any atom is 0.242 e. The van der Waals surface area contributed by atoms with Crippen molar-refractivity contribution in [2.24, 2.45) is 11.7 Å². The first kappa shape index (κ1) is 22.9. The van der Waals surface area contributed by atoms with E-state index in [1.807, 2.05) is 13.8 Å². The summed E-state index contributed by atoms with van der Waals surface area (Å²) in [6.45, 7) is 6.16. The van der Waals surface area contributed by atoms with Gasteiger partial charge < -0.3 is 11.1 Å². The Balaban J connectivity index is 0.00000529. The molecular weight excluding hydrogens is 350 g/mol. The highest BCUT2D eigenvalue weighted by atomic mass is 35.5. The third-order valence-corrected chi connectivity index (χ3v) is 5.67. The second kappa shape index (κ2) is 9.98. The van der Waals surface area contributed by atoms with E-state index in [1.54, 1.807) is 26.1 Å². The molecule has 0 saturated heterocycles. The van der Waals surface area contributed by atoms with Crippen molar-refractivity contribution in [3.05, 3.63) is 24.3 Å². The number of amides is 1. The van der Waals surface area contributed by atoms with Gasteiger partial charge in [0.2, 0.25) is 15.9 Å². The number of nitrogens with zero attached hydrogens (tertiary/aromatic N) is 1.